The molecule has 3 rings (SSSR count). The van der Waals surface area contributed by atoms with Crippen LogP contribution in [0.2, 0.25) is 0 Å². The number of hydrogen-bond donors (Lipinski definition) is 0. The molecule has 0 unspecified atom stereocenters. The first kappa shape index (κ1) is 16.7. The Morgan fingerprint density at radius 2 is 1.91 bits per heavy atom. The van der Waals surface area contributed by atoms with E-state index < -0.39 is 5.97 Å². The van der Waals surface area contributed by atoms with Crippen molar-refractivity contribution in [2.24, 2.45) is 0 Å². The maximum atomic E-state index is 12.7. The number of carbonyl (C=O) groups is 2. The Morgan fingerprint density at radius 1 is 1.18 bits per heavy atom. The van der Waals surface area contributed by atoms with Crippen LogP contribution in [0.3, 0.4) is 0 Å². The maximum absolute atomic E-state index is 12.7. The molecule has 0 bridgehead atoms. The van der Waals surface area contributed by atoms with Crippen molar-refractivity contribution < 1.29 is 44.3 Å². The third-order valence-corrected chi connectivity index (χ3v) is 3.73. The maximum Gasteiger partial charge on any atom is 1.00 e. The molecule has 4 nitrogen and oxygen atoms in total. The van der Waals surface area contributed by atoms with Gasteiger partial charge in [0, 0.05) is 42.8 Å². The Bertz CT molecular complexity index is 742. The summed E-state index contributed by atoms with van der Waals surface area (Å²) in [5.41, 5.74) is 3.59. The number of carboxylic acid groups (broad SMARTS) is 1. The van der Waals surface area contributed by atoms with E-state index in [-0.39, 0.29) is 41.8 Å². The van der Waals surface area contributed by atoms with E-state index >= 15 is 0 Å². The molecule has 0 aromatic heterocycles. The van der Waals surface area contributed by atoms with Gasteiger partial charge in [-0.3, -0.25) is 4.79 Å². The van der Waals surface area contributed by atoms with E-state index in [1.165, 1.54) is 0 Å². The van der Waals surface area contributed by atoms with Gasteiger partial charge in [-0.2, -0.15) is 0 Å². The minimum Gasteiger partial charge on any atom is -0.550 e. The molecule has 0 aliphatic carbocycles. The van der Waals surface area contributed by atoms with Gasteiger partial charge in [0.25, 0.3) is 0 Å². The molecular formula is C17H14NNaO3. The van der Waals surface area contributed by atoms with E-state index in [2.05, 4.69) is 0 Å². The van der Waals surface area contributed by atoms with E-state index in [0.717, 1.165) is 11.3 Å². The summed E-state index contributed by atoms with van der Waals surface area (Å²) in [4.78, 5) is 25.5. The number of nitrogens with zero attached hydrogens (tertiary/aromatic N) is 1. The van der Waals surface area contributed by atoms with Gasteiger partial charge < -0.3 is 14.8 Å². The van der Waals surface area contributed by atoms with Crippen LogP contribution < -0.4 is 39.6 Å². The minimum atomic E-state index is -1.15. The average Bonchev–Trinajstić information content (AvgIpc) is 2.55. The molecular weight excluding hydrogens is 289 g/mol. The normalized spacial score (nSPS) is 12.8. The van der Waals surface area contributed by atoms with Gasteiger partial charge in [0.1, 0.15) is 0 Å². The van der Waals surface area contributed by atoms with Crippen LogP contribution in [-0.4, -0.2) is 18.8 Å². The summed E-state index contributed by atoms with van der Waals surface area (Å²) in [5.74, 6) is -1.21. The van der Waals surface area contributed by atoms with Crippen LogP contribution in [0.1, 0.15) is 27.0 Å². The molecule has 22 heavy (non-hydrogen) atoms. The van der Waals surface area contributed by atoms with Crippen LogP contribution in [0.25, 0.3) is 0 Å². The predicted octanol–water partition coefficient (Wildman–Crippen LogP) is -1.84. The molecule has 0 saturated heterocycles. The Kier molecular flexibility index (Phi) is 5.06. The summed E-state index contributed by atoms with van der Waals surface area (Å²) in [6, 6.07) is 12.7. The van der Waals surface area contributed by atoms with Gasteiger partial charge in [0.05, 0.1) is 0 Å². The number of ketones is 1. The van der Waals surface area contributed by atoms with Gasteiger partial charge in [-0.15, -0.1) is 0 Å². The van der Waals surface area contributed by atoms with E-state index in [1.807, 2.05) is 36.2 Å². The molecule has 2 aromatic carbocycles. The van der Waals surface area contributed by atoms with Crippen molar-refractivity contribution in [1.82, 2.24) is 0 Å². The molecule has 106 valence electrons. The summed E-state index contributed by atoms with van der Waals surface area (Å²) in [6.45, 7) is 0.648. The molecule has 0 radical (unpaired) electrons. The Hall–Kier alpha value is -1.62. The second-order valence-corrected chi connectivity index (χ2v) is 5.24. The van der Waals surface area contributed by atoms with Gasteiger partial charge >= 0.3 is 29.6 Å². The number of hydrogen-bond acceptors (Lipinski definition) is 4. The molecule has 2 aromatic rings. The minimum absolute atomic E-state index is 0. The van der Waals surface area contributed by atoms with Crippen molar-refractivity contribution in [3.63, 3.8) is 0 Å². The SMILES string of the molecule is CN1Cc2ccccc2C(=O)c2cc(CC(=O)[O-])ccc21.[Na+]. The van der Waals surface area contributed by atoms with Crippen LogP contribution >= 0.6 is 0 Å². The molecule has 1 aliphatic rings. The molecule has 1 aliphatic heterocycles. The first-order valence-corrected chi connectivity index (χ1v) is 6.73. The fourth-order valence-electron chi connectivity index (χ4n) is 2.74. The van der Waals surface area contributed by atoms with Crippen molar-refractivity contribution in [2.75, 3.05) is 11.9 Å². The fraction of sp³-hybridized carbons (Fsp3) is 0.176. The van der Waals surface area contributed by atoms with Crippen LogP contribution in [0.5, 0.6) is 0 Å². The standard InChI is InChI=1S/C17H15NO3.Na/c1-18-10-12-4-2-3-5-13(12)17(21)14-8-11(9-16(19)20)6-7-15(14)18;/h2-8H,9-10H2,1H3,(H,19,20);/q;+1/p-1. The average molecular weight is 303 g/mol. The number of benzene rings is 2. The zero-order valence-corrected chi connectivity index (χ0v) is 14.6. The first-order valence-electron chi connectivity index (χ1n) is 6.73. The van der Waals surface area contributed by atoms with E-state index in [0.29, 0.717) is 23.2 Å². The molecule has 0 spiro atoms. The molecule has 0 amide bonds. The van der Waals surface area contributed by atoms with Crippen molar-refractivity contribution >= 4 is 17.4 Å². The van der Waals surface area contributed by atoms with Gasteiger partial charge in [-0.25, -0.2) is 0 Å². The van der Waals surface area contributed by atoms with Crippen LogP contribution in [0, 0.1) is 0 Å². The van der Waals surface area contributed by atoms with E-state index in [9.17, 15) is 14.7 Å². The first-order chi connectivity index (χ1) is 10.1. The Morgan fingerprint density at radius 3 is 2.64 bits per heavy atom. The van der Waals surface area contributed by atoms with Gasteiger partial charge in [0.15, 0.2) is 5.78 Å². The van der Waals surface area contributed by atoms with Crippen LogP contribution in [0.4, 0.5) is 5.69 Å². The second kappa shape index (κ2) is 6.65. The second-order valence-electron chi connectivity index (χ2n) is 5.24. The number of anilines is 1. The third-order valence-electron chi connectivity index (χ3n) is 3.73. The molecule has 0 atom stereocenters. The number of aliphatic carboxylic acids is 1. The van der Waals surface area contributed by atoms with E-state index in [1.54, 1.807) is 18.2 Å². The number of fused-ring (bicyclic) bond motifs is 2. The summed E-state index contributed by atoms with van der Waals surface area (Å²) in [5, 5.41) is 10.7. The zero-order valence-electron chi connectivity index (χ0n) is 12.6. The van der Waals surface area contributed by atoms with Crippen LogP contribution in [0.15, 0.2) is 42.5 Å². The van der Waals surface area contributed by atoms with Gasteiger partial charge in [-0.1, -0.05) is 30.3 Å². The number of carbonyl (C=O) groups excluding carboxylic acids is 2. The molecule has 0 saturated carbocycles. The van der Waals surface area contributed by atoms with Crippen LogP contribution in [-0.2, 0) is 17.8 Å². The van der Waals surface area contributed by atoms with Crippen molar-refractivity contribution in [3.8, 4) is 0 Å². The number of carboxylic acids is 1. The quantitative estimate of drug-likeness (QED) is 0.612. The third kappa shape index (κ3) is 3.09. The Balaban J connectivity index is 0.00000176. The van der Waals surface area contributed by atoms with Gasteiger partial charge in [-0.05, 0) is 23.3 Å². The summed E-state index contributed by atoms with van der Waals surface area (Å²) in [6.07, 6.45) is -0.189. The summed E-state index contributed by atoms with van der Waals surface area (Å²) >= 11 is 0. The summed E-state index contributed by atoms with van der Waals surface area (Å²) in [7, 11) is 1.92. The van der Waals surface area contributed by atoms with Gasteiger partial charge in [0.2, 0.25) is 0 Å². The molecule has 0 N–H and O–H groups in total. The monoisotopic (exact) mass is 303 g/mol. The van der Waals surface area contributed by atoms with Crippen molar-refractivity contribution in [1.29, 1.82) is 0 Å². The largest absolute Gasteiger partial charge is 1.00 e. The zero-order chi connectivity index (χ0) is 15.0. The summed E-state index contributed by atoms with van der Waals surface area (Å²) < 4.78 is 0. The smallest absolute Gasteiger partial charge is 0.550 e. The Labute approximate surface area is 151 Å². The molecule has 5 heteroatoms. The van der Waals surface area contributed by atoms with E-state index in [4.69, 9.17) is 0 Å². The fourth-order valence-corrected chi connectivity index (χ4v) is 2.74. The molecule has 0 fully saturated rings. The molecule has 1 heterocycles. The predicted molar refractivity (Wildman–Crippen MR) is 77.1 cm³/mol. The van der Waals surface area contributed by atoms with Crippen molar-refractivity contribution in [2.45, 2.75) is 13.0 Å². The topological polar surface area (TPSA) is 60.4 Å². The van der Waals surface area contributed by atoms with Crippen molar-refractivity contribution in [3.05, 3.63) is 64.7 Å². The number of rotatable bonds is 2.